The van der Waals surface area contributed by atoms with Crippen LogP contribution in [0.5, 0.6) is 0 Å². The van der Waals surface area contributed by atoms with Crippen LogP contribution in [-0.2, 0) is 4.79 Å². The van der Waals surface area contributed by atoms with Crippen molar-refractivity contribution in [3.8, 4) is 0 Å². The second-order valence-electron chi connectivity index (χ2n) is 3.35. The molecule has 1 aromatic heterocycles. The molecule has 0 fully saturated rings. The molecule has 1 atom stereocenters. The first-order chi connectivity index (χ1) is 7.04. The number of aryl methyl sites for hydroxylation is 1. The van der Waals surface area contributed by atoms with E-state index in [1.165, 1.54) is 0 Å². The number of carbonyl (C=O) groups is 1. The summed E-state index contributed by atoms with van der Waals surface area (Å²) in [6.07, 6.45) is 0. The van der Waals surface area contributed by atoms with Crippen LogP contribution in [0, 0.1) is 6.92 Å². The van der Waals surface area contributed by atoms with Crippen molar-refractivity contribution in [2.45, 2.75) is 26.8 Å². The van der Waals surface area contributed by atoms with Gasteiger partial charge in [0.25, 0.3) is 0 Å². The summed E-state index contributed by atoms with van der Waals surface area (Å²) in [7, 11) is 0. The number of carbonyl (C=O) groups excluding carboxylic acids is 1. The lowest BCUT2D eigenvalue weighted by atomic mass is 10.3. The van der Waals surface area contributed by atoms with E-state index in [1.807, 2.05) is 6.92 Å². The van der Waals surface area contributed by atoms with Crippen LogP contribution in [0.15, 0.2) is 0 Å². The Balaban J connectivity index is 2.61. The zero-order valence-electron chi connectivity index (χ0n) is 9.22. The Labute approximate surface area is 88.7 Å². The number of nitrogens with two attached hydrogens (primary N) is 1. The first-order valence-electron chi connectivity index (χ1n) is 4.91. The van der Waals surface area contributed by atoms with Crippen molar-refractivity contribution in [1.29, 1.82) is 0 Å². The molecule has 1 aromatic rings. The maximum absolute atomic E-state index is 11.4. The Morgan fingerprint density at radius 2 is 2.33 bits per heavy atom. The highest BCUT2D eigenvalue weighted by molar-refractivity contribution is 5.84. The smallest absolute Gasteiger partial charge is 0.242 e. The topological polar surface area (TPSA) is 95.8 Å². The second kappa shape index (κ2) is 4.68. The summed E-state index contributed by atoms with van der Waals surface area (Å²) >= 11 is 0. The number of amides is 1. The normalized spacial score (nSPS) is 12.2. The number of rotatable bonds is 4. The minimum Gasteiger partial charge on any atom is -0.382 e. The number of hydrogen-bond donors (Lipinski definition) is 4. The van der Waals surface area contributed by atoms with Crippen LogP contribution in [0.1, 0.15) is 19.7 Å². The molecular weight excluding hydrogens is 194 g/mol. The van der Waals surface area contributed by atoms with Crippen molar-refractivity contribution in [3.05, 3.63) is 5.82 Å². The number of aromatic amines is 1. The molecule has 1 rings (SSSR count). The number of anilines is 2. The van der Waals surface area contributed by atoms with Gasteiger partial charge < -0.3 is 21.4 Å². The summed E-state index contributed by atoms with van der Waals surface area (Å²) in [5.74, 6) is 1.62. The fraction of sp³-hybridized carbons (Fsp3) is 0.556. The van der Waals surface area contributed by atoms with Gasteiger partial charge in [0.1, 0.15) is 17.7 Å². The molecule has 0 saturated carbocycles. The monoisotopic (exact) mass is 211 g/mol. The van der Waals surface area contributed by atoms with E-state index in [-0.39, 0.29) is 11.9 Å². The van der Waals surface area contributed by atoms with Gasteiger partial charge in [-0.25, -0.2) is 4.98 Å². The van der Waals surface area contributed by atoms with E-state index in [2.05, 4.69) is 20.6 Å². The Morgan fingerprint density at radius 3 is 2.80 bits per heavy atom. The number of hydrogen-bond acceptors (Lipinski definition) is 4. The quantitative estimate of drug-likeness (QED) is 0.573. The fourth-order valence-electron chi connectivity index (χ4n) is 1.22. The number of nitrogens with one attached hydrogen (secondary N) is 3. The zero-order chi connectivity index (χ0) is 11.4. The van der Waals surface area contributed by atoms with Crippen LogP contribution in [0.3, 0.4) is 0 Å². The second-order valence-corrected chi connectivity index (χ2v) is 3.35. The van der Waals surface area contributed by atoms with Crippen LogP contribution < -0.4 is 16.4 Å². The first kappa shape index (κ1) is 11.4. The highest BCUT2D eigenvalue weighted by atomic mass is 16.2. The van der Waals surface area contributed by atoms with E-state index in [9.17, 15) is 4.79 Å². The van der Waals surface area contributed by atoms with Gasteiger partial charge in [0.2, 0.25) is 5.91 Å². The molecule has 5 N–H and O–H groups in total. The van der Waals surface area contributed by atoms with E-state index in [1.54, 1.807) is 13.8 Å². The van der Waals surface area contributed by atoms with Crippen molar-refractivity contribution in [3.63, 3.8) is 0 Å². The number of imidazole rings is 1. The molecule has 1 amide bonds. The molecule has 15 heavy (non-hydrogen) atoms. The number of nitrogens with zero attached hydrogens (tertiary/aromatic N) is 1. The zero-order valence-corrected chi connectivity index (χ0v) is 9.22. The number of likely N-dealkylation sites (N-methyl/N-ethyl adjacent to an activating group) is 1. The molecule has 0 aliphatic carbocycles. The summed E-state index contributed by atoms with van der Waals surface area (Å²) in [6, 6.07) is -0.352. The van der Waals surface area contributed by atoms with Crippen LogP contribution >= 0.6 is 0 Å². The van der Waals surface area contributed by atoms with Gasteiger partial charge in [-0.1, -0.05) is 0 Å². The Hall–Kier alpha value is -1.72. The lowest BCUT2D eigenvalue weighted by molar-refractivity contribution is -0.121. The van der Waals surface area contributed by atoms with Crippen molar-refractivity contribution in [1.82, 2.24) is 15.3 Å². The molecule has 6 heteroatoms. The molecule has 0 radical (unpaired) electrons. The van der Waals surface area contributed by atoms with Crippen molar-refractivity contribution < 1.29 is 4.79 Å². The third kappa shape index (κ3) is 2.87. The van der Waals surface area contributed by atoms with E-state index >= 15 is 0 Å². The average molecular weight is 211 g/mol. The van der Waals surface area contributed by atoms with E-state index in [0.717, 1.165) is 5.82 Å². The van der Waals surface area contributed by atoms with E-state index in [0.29, 0.717) is 18.2 Å². The molecule has 0 bridgehead atoms. The van der Waals surface area contributed by atoms with E-state index < -0.39 is 0 Å². The van der Waals surface area contributed by atoms with Gasteiger partial charge in [-0.05, 0) is 20.8 Å². The molecule has 0 aliphatic rings. The fourth-order valence-corrected chi connectivity index (χ4v) is 1.22. The SMILES string of the molecule is CCNC(=O)C(C)Nc1nc(C)[nH]c1N. The van der Waals surface area contributed by atoms with Gasteiger partial charge in [0, 0.05) is 6.54 Å². The standard InChI is InChI=1S/C9H17N5O/c1-4-11-9(15)5(2)12-8-7(10)13-6(3)14-8/h5,12H,4,10H2,1-3H3,(H,11,15)(H,13,14). The summed E-state index contributed by atoms with van der Waals surface area (Å²) in [5.41, 5.74) is 5.65. The molecule has 6 nitrogen and oxygen atoms in total. The van der Waals surface area contributed by atoms with Gasteiger partial charge in [0.15, 0.2) is 5.82 Å². The largest absolute Gasteiger partial charge is 0.382 e. The summed E-state index contributed by atoms with van der Waals surface area (Å²) < 4.78 is 0. The van der Waals surface area contributed by atoms with Gasteiger partial charge >= 0.3 is 0 Å². The molecule has 1 unspecified atom stereocenters. The average Bonchev–Trinajstić information content (AvgIpc) is 2.45. The lowest BCUT2D eigenvalue weighted by Gasteiger charge is -2.12. The number of H-pyrrole nitrogens is 1. The first-order valence-corrected chi connectivity index (χ1v) is 4.91. The third-order valence-corrected chi connectivity index (χ3v) is 1.95. The van der Waals surface area contributed by atoms with E-state index in [4.69, 9.17) is 5.73 Å². The van der Waals surface area contributed by atoms with Gasteiger partial charge in [-0.15, -0.1) is 0 Å². The van der Waals surface area contributed by atoms with Crippen molar-refractivity contribution in [2.24, 2.45) is 0 Å². The molecule has 0 saturated heterocycles. The molecule has 0 aromatic carbocycles. The molecule has 84 valence electrons. The number of aromatic nitrogens is 2. The van der Waals surface area contributed by atoms with Gasteiger partial charge in [-0.2, -0.15) is 0 Å². The third-order valence-electron chi connectivity index (χ3n) is 1.95. The summed E-state index contributed by atoms with van der Waals surface area (Å²) in [5, 5.41) is 5.65. The number of nitrogen functional groups attached to an aromatic ring is 1. The Kier molecular flexibility index (Phi) is 3.54. The van der Waals surface area contributed by atoms with Crippen LogP contribution in [0.4, 0.5) is 11.6 Å². The van der Waals surface area contributed by atoms with Crippen molar-refractivity contribution in [2.75, 3.05) is 17.6 Å². The molecular formula is C9H17N5O. The highest BCUT2D eigenvalue weighted by Crippen LogP contribution is 2.14. The van der Waals surface area contributed by atoms with Crippen LogP contribution in [0.2, 0.25) is 0 Å². The maximum atomic E-state index is 11.4. The highest BCUT2D eigenvalue weighted by Gasteiger charge is 2.14. The van der Waals surface area contributed by atoms with Gasteiger partial charge in [0.05, 0.1) is 0 Å². The van der Waals surface area contributed by atoms with Crippen LogP contribution in [-0.4, -0.2) is 28.5 Å². The minimum absolute atomic E-state index is 0.0717. The summed E-state index contributed by atoms with van der Waals surface area (Å²) in [4.78, 5) is 18.4. The molecule has 0 aliphatic heterocycles. The predicted molar refractivity (Wildman–Crippen MR) is 59.5 cm³/mol. The lowest BCUT2D eigenvalue weighted by Crippen LogP contribution is -2.37. The van der Waals surface area contributed by atoms with Gasteiger partial charge in [-0.3, -0.25) is 4.79 Å². The Bertz CT molecular complexity index is 346. The molecule has 0 spiro atoms. The van der Waals surface area contributed by atoms with Crippen molar-refractivity contribution >= 4 is 17.5 Å². The summed E-state index contributed by atoms with van der Waals surface area (Å²) in [6.45, 7) is 6.05. The Morgan fingerprint density at radius 1 is 1.67 bits per heavy atom. The minimum atomic E-state index is -0.352. The maximum Gasteiger partial charge on any atom is 0.242 e. The molecule has 1 heterocycles. The van der Waals surface area contributed by atoms with Crippen LogP contribution in [0.25, 0.3) is 0 Å². The predicted octanol–water partition coefficient (Wildman–Crippen LogP) is 0.237.